The molecule has 2 fully saturated rings. The number of hydrogen-bond acceptors (Lipinski definition) is 2. The van der Waals surface area contributed by atoms with Gasteiger partial charge in [-0.3, -0.25) is 4.79 Å². The van der Waals surface area contributed by atoms with Gasteiger partial charge < -0.3 is 10.6 Å². The van der Waals surface area contributed by atoms with E-state index in [-0.39, 0.29) is 5.91 Å². The molecule has 1 amide bonds. The molecule has 60 valence electrons. The van der Waals surface area contributed by atoms with Crippen LogP contribution in [0, 0.1) is 5.92 Å². The van der Waals surface area contributed by atoms with Crippen molar-refractivity contribution in [3.05, 3.63) is 0 Å². The van der Waals surface area contributed by atoms with Crippen molar-refractivity contribution in [2.24, 2.45) is 5.92 Å². The van der Waals surface area contributed by atoms with Crippen molar-refractivity contribution < 1.29 is 4.79 Å². The van der Waals surface area contributed by atoms with Crippen molar-refractivity contribution in [2.75, 3.05) is 0 Å². The molecular weight excluding hydrogens is 160 g/mol. The van der Waals surface area contributed by atoms with E-state index < -0.39 is 5.54 Å². The van der Waals surface area contributed by atoms with Gasteiger partial charge in [-0.2, -0.15) is 0 Å². The molecule has 1 aliphatic carbocycles. The highest BCUT2D eigenvalue weighted by molar-refractivity contribution is 7.80. The highest BCUT2D eigenvalue weighted by Gasteiger charge is 2.51. The lowest BCUT2D eigenvalue weighted by molar-refractivity contribution is -0.124. The van der Waals surface area contributed by atoms with Gasteiger partial charge in [-0.15, -0.1) is 0 Å². The maximum atomic E-state index is 11.3. The number of carbonyl (C=O) groups is 1. The average Bonchev–Trinajstić information content (AvgIpc) is 2.63. The van der Waals surface area contributed by atoms with Crippen LogP contribution in [0.5, 0.6) is 0 Å². The Morgan fingerprint density at radius 1 is 1.64 bits per heavy atom. The van der Waals surface area contributed by atoms with Gasteiger partial charge in [0.25, 0.3) is 5.91 Å². The Bertz CT molecular complexity index is 237. The Labute approximate surface area is 70.5 Å². The minimum Gasteiger partial charge on any atom is -0.348 e. The third-order valence-corrected chi connectivity index (χ3v) is 2.67. The van der Waals surface area contributed by atoms with Crippen molar-refractivity contribution >= 4 is 23.2 Å². The normalized spacial score (nSPS) is 36.8. The van der Waals surface area contributed by atoms with E-state index in [4.69, 9.17) is 12.2 Å². The predicted molar refractivity (Wildman–Crippen MR) is 45.0 cm³/mol. The number of thiocarbonyl (C=S) groups is 1. The molecule has 2 rings (SSSR count). The van der Waals surface area contributed by atoms with Crippen LogP contribution in [0.25, 0.3) is 0 Å². The van der Waals surface area contributed by atoms with Crippen LogP contribution >= 0.6 is 12.2 Å². The fraction of sp³-hybridized carbons (Fsp3) is 0.714. The van der Waals surface area contributed by atoms with Crippen LogP contribution in [0.2, 0.25) is 0 Å². The fourth-order valence-corrected chi connectivity index (χ4v) is 1.81. The molecule has 2 aliphatic rings. The molecule has 3 nitrogen and oxygen atoms in total. The zero-order valence-electron chi connectivity index (χ0n) is 6.31. The Hall–Kier alpha value is -0.640. The molecule has 1 saturated heterocycles. The Balaban J connectivity index is 2.23. The molecule has 0 aromatic heterocycles. The smallest absolute Gasteiger partial charge is 0.251 e. The van der Waals surface area contributed by atoms with Crippen LogP contribution < -0.4 is 10.6 Å². The third-order valence-electron chi connectivity index (χ3n) is 2.47. The molecule has 1 heterocycles. The van der Waals surface area contributed by atoms with Gasteiger partial charge in [0.1, 0.15) is 5.54 Å². The number of hydrogen-bond donors (Lipinski definition) is 2. The lowest BCUT2D eigenvalue weighted by Gasteiger charge is -2.19. The quantitative estimate of drug-likeness (QED) is 0.551. The highest BCUT2D eigenvalue weighted by atomic mass is 32.1. The first-order valence-electron chi connectivity index (χ1n) is 3.76. The molecular formula is C7H10N2OS. The van der Waals surface area contributed by atoms with Gasteiger partial charge >= 0.3 is 0 Å². The average molecular weight is 170 g/mol. The summed E-state index contributed by atoms with van der Waals surface area (Å²) >= 11 is 4.85. The highest BCUT2D eigenvalue weighted by Crippen LogP contribution is 2.40. The van der Waals surface area contributed by atoms with Crippen molar-refractivity contribution in [3.8, 4) is 0 Å². The fourth-order valence-electron chi connectivity index (χ4n) is 1.50. The van der Waals surface area contributed by atoms with Crippen LogP contribution in [0.4, 0.5) is 0 Å². The van der Waals surface area contributed by atoms with Crippen molar-refractivity contribution in [2.45, 2.75) is 25.3 Å². The van der Waals surface area contributed by atoms with Gasteiger partial charge in [-0.25, -0.2) is 0 Å². The summed E-state index contributed by atoms with van der Waals surface area (Å²) in [5.41, 5.74) is -0.406. The Morgan fingerprint density at radius 3 is 2.64 bits per heavy atom. The first kappa shape index (κ1) is 7.03. The van der Waals surface area contributed by atoms with Crippen molar-refractivity contribution in [1.82, 2.24) is 10.6 Å². The van der Waals surface area contributed by atoms with E-state index in [2.05, 4.69) is 10.6 Å². The summed E-state index contributed by atoms with van der Waals surface area (Å²) < 4.78 is 0. The summed E-state index contributed by atoms with van der Waals surface area (Å²) in [7, 11) is 0. The maximum absolute atomic E-state index is 11.3. The first-order chi connectivity index (χ1) is 5.13. The summed E-state index contributed by atoms with van der Waals surface area (Å²) in [6.07, 6.45) is 2.28. The maximum Gasteiger partial charge on any atom is 0.251 e. The predicted octanol–water partition coefficient (Wildman–Crippen LogP) is 0.159. The SMILES string of the molecule is C[C@@]1(C2CC2)NC(=S)NC1=O. The molecule has 0 unspecified atom stereocenters. The molecule has 1 atom stereocenters. The van der Waals surface area contributed by atoms with Gasteiger partial charge in [-0.05, 0) is 37.9 Å². The minimum atomic E-state index is -0.406. The minimum absolute atomic E-state index is 0.0324. The van der Waals surface area contributed by atoms with Gasteiger partial charge in [0, 0.05) is 0 Å². The largest absolute Gasteiger partial charge is 0.348 e. The standard InChI is InChI=1S/C7H10N2OS/c1-7(4-2-3-4)5(10)8-6(11)9-7/h4H,2-3H2,1H3,(H2,8,9,10,11)/t7-/m0/s1. The molecule has 0 aromatic rings. The zero-order valence-corrected chi connectivity index (χ0v) is 7.12. The van der Waals surface area contributed by atoms with Crippen LogP contribution in [-0.2, 0) is 4.79 Å². The second kappa shape index (κ2) is 1.94. The van der Waals surface area contributed by atoms with Gasteiger partial charge in [0.2, 0.25) is 0 Å². The second-order valence-corrected chi connectivity index (χ2v) is 3.79. The van der Waals surface area contributed by atoms with Gasteiger partial charge in [-0.1, -0.05) is 0 Å². The molecule has 4 heteroatoms. The summed E-state index contributed by atoms with van der Waals surface area (Å²) in [6, 6.07) is 0. The van der Waals surface area contributed by atoms with E-state index in [0.717, 1.165) is 12.8 Å². The van der Waals surface area contributed by atoms with E-state index in [9.17, 15) is 4.79 Å². The summed E-state index contributed by atoms with van der Waals surface area (Å²) in [5, 5.41) is 6.10. The first-order valence-corrected chi connectivity index (χ1v) is 4.17. The lowest BCUT2D eigenvalue weighted by Crippen LogP contribution is -2.45. The monoisotopic (exact) mass is 170 g/mol. The number of amides is 1. The van der Waals surface area contributed by atoms with E-state index in [1.54, 1.807) is 0 Å². The molecule has 0 bridgehead atoms. The van der Waals surface area contributed by atoms with Crippen LogP contribution in [0.3, 0.4) is 0 Å². The van der Waals surface area contributed by atoms with Gasteiger partial charge in [0.05, 0.1) is 0 Å². The Kier molecular flexibility index (Phi) is 1.24. The van der Waals surface area contributed by atoms with Crippen molar-refractivity contribution in [1.29, 1.82) is 0 Å². The van der Waals surface area contributed by atoms with Crippen LogP contribution in [0.1, 0.15) is 19.8 Å². The topological polar surface area (TPSA) is 41.1 Å². The van der Waals surface area contributed by atoms with Crippen molar-refractivity contribution in [3.63, 3.8) is 0 Å². The second-order valence-electron chi connectivity index (χ2n) is 3.38. The molecule has 0 aromatic carbocycles. The third kappa shape index (κ3) is 0.929. The Morgan fingerprint density at radius 2 is 2.27 bits per heavy atom. The number of nitrogens with one attached hydrogen (secondary N) is 2. The molecule has 0 radical (unpaired) electrons. The van der Waals surface area contributed by atoms with E-state index in [1.165, 1.54) is 0 Å². The van der Waals surface area contributed by atoms with Crippen LogP contribution in [0.15, 0.2) is 0 Å². The summed E-state index contributed by atoms with van der Waals surface area (Å²) in [5.74, 6) is 0.521. The van der Waals surface area contributed by atoms with E-state index in [1.807, 2.05) is 6.92 Å². The summed E-state index contributed by atoms with van der Waals surface area (Å²) in [6.45, 7) is 1.92. The molecule has 0 spiro atoms. The molecule has 1 aliphatic heterocycles. The lowest BCUT2D eigenvalue weighted by atomic mass is 9.97. The van der Waals surface area contributed by atoms with Gasteiger partial charge in [0.15, 0.2) is 5.11 Å². The van der Waals surface area contributed by atoms with E-state index >= 15 is 0 Å². The van der Waals surface area contributed by atoms with E-state index in [0.29, 0.717) is 11.0 Å². The zero-order chi connectivity index (χ0) is 8.06. The number of rotatable bonds is 1. The number of carbonyl (C=O) groups excluding carboxylic acids is 1. The molecule has 1 saturated carbocycles. The molecule has 11 heavy (non-hydrogen) atoms. The summed E-state index contributed by atoms with van der Waals surface area (Å²) in [4.78, 5) is 11.3. The van der Waals surface area contributed by atoms with Crippen LogP contribution in [-0.4, -0.2) is 16.6 Å². The molecule has 2 N–H and O–H groups in total.